The van der Waals surface area contributed by atoms with E-state index in [0.717, 1.165) is 22.3 Å². The van der Waals surface area contributed by atoms with E-state index in [9.17, 15) is 14.4 Å². The molecule has 0 saturated carbocycles. The predicted octanol–water partition coefficient (Wildman–Crippen LogP) is 4.17. The second kappa shape index (κ2) is 11.0. The Bertz CT molecular complexity index is 958. The largest absolute Gasteiger partial charge is 0.481 e. The van der Waals surface area contributed by atoms with Crippen LogP contribution in [-0.4, -0.2) is 42.3 Å². The first-order chi connectivity index (χ1) is 15.8. The van der Waals surface area contributed by atoms with Crippen LogP contribution in [0.15, 0.2) is 48.5 Å². The lowest BCUT2D eigenvalue weighted by molar-refractivity contribution is -0.138. The van der Waals surface area contributed by atoms with Crippen LogP contribution in [-0.2, 0) is 14.3 Å². The van der Waals surface area contributed by atoms with E-state index in [1.165, 1.54) is 0 Å². The van der Waals surface area contributed by atoms with Crippen molar-refractivity contribution < 1.29 is 24.2 Å². The van der Waals surface area contributed by atoms with E-state index in [4.69, 9.17) is 9.84 Å². The summed E-state index contributed by atoms with van der Waals surface area (Å²) in [5.74, 6) is -1.37. The molecule has 0 fully saturated rings. The first kappa shape index (κ1) is 24.3. The Kier molecular flexibility index (Phi) is 8.09. The molecule has 176 valence electrons. The predicted molar refractivity (Wildman–Crippen MR) is 126 cm³/mol. The van der Waals surface area contributed by atoms with Gasteiger partial charge in [0.05, 0.1) is 6.42 Å². The van der Waals surface area contributed by atoms with E-state index in [1.807, 2.05) is 50.2 Å². The fraction of sp³-hybridized carbons (Fsp3) is 0.423. The summed E-state index contributed by atoms with van der Waals surface area (Å²) in [5, 5.41) is 14.5. The van der Waals surface area contributed by atoms with Crippen LogP contribution in [0.1, 0.15) is 50.7 Å². The smallest absolute Gasteiger partial charge is 0.407 e. The zero-order chi connectivity index (χ0) is 24.0. The molecule has 0 bridgehead atoms. The normalized spacial score (nSPS) is 14.2. The third kappa shape index (κ3) is 5.92. The number of carbonyl (C=O) groups excluding carboxylic acids is 2. The summed E-state index contributed by atoms with van der Waals surface area (Å²) in [4.78, 5) is 36.1. The van der Waals surface area contributed by atoms with Gasteiger partial charge in [0.15, 0.2) is 0 Å². The molecule has 0 aromatic heterocycles. The van der Waals surface area contributed by atoms with Gasteiger partial charge in [-0.3, -0.25) is 9.59 Å². The van der Waals surface area contributed by atoms with Gasteiger partial charge in [0.1, 0.15) is 12.6 Å². The molecular weight excluding hydrogens is 420 g/mol. The summed E-state index contributed by atoms with van der Waals surface area (Å²) < 4.78 is 5.53. The Morgan fingerprint density at radius 2 is 1.58 bits per heavy atom. The number of carboxylic acids is 1. The van der Waals surface area contributed by atoms with Gasteiger partial charge in [-0.15, -0.1) is 0 Å². The van der Waals surface area contributed by atoms with E-state index in [2.05, 4.69) is 22.8 Å². The van der Waals surface area contributed by atoms with Gasteiger partial charge in [-0.25, -0.2) is 4.79 Å². The molecule has 7 heteroatoms. The number of ether oxygens (including phenoxy) is 1. The SMILES string of the molecule is CC[C@H](NC(=O)OCC1c2ccccc2-c2ccccc21)C(=O)NCC(CC(=O)O)C(C)C. The molecule has 0 spiro atoms. The van der Waals surface area contributed by atoms with E-state index < -0.39 is 18.1 Å². The van der Waals surface area contributed by atoms with Gasteiger partial charge in [-0.05, 0) is 40.5 Å². The number of fused-ring (bicyclic) bond motifs is 3. The highest BCUT2D eigenvalue weighted by atomic mass is 16.5. The van der Waals surface area contributed by atoms with Crippen LogP contribution in [0, 0.1) is 11.8 Å². The van der Waals surface area contributed by atoms with Gasteiger partial charge >= 0.3 is 12.1 Å². The minimum Gasteiger partial charge on any atom is -0.481 e. The van der Waals surface area contributed by atoms with Crippen LogP contribution in [0.5, 0.6) is 0 Å². The Hall–Kier alpha value is -3.35. The minimum atomic E-state index is -0.897. The highest BCUT2D eigenvalue weighted by molar-refractivity contribution is 5.85. The minimum absolute atomic E-state index is 0.0193. The lowest BCUT2D eigenvalue weighted by Gasteiger charge is -2.22. The van der Waals surface area contributed by atoms with Crippen molar-refractivity contribution in [1.29, 1.82) is 0 Å². The summed E-state index contributed by atoms with van der Waals surface area (Å²) in [6, 6.07) is 15.4. The van der Waals surface area contributed by atoms with E-state index >= 15 is 0 Å². The number of aliphatic carboxylic acids is 1. The zero-order valence-corrected chi connectivity index (χ0v) is 19.3. The van der Waals surface area contributed by atoms with Crippen molar-refractivity contribution in [2.24, 2.45) is 11.8 Å². The maximum Gasteiger partial charge on any atom is 0.407 e. The number of rotatable bonds is 10. The quantitative estimate of drug-likeness (QED) is 0.502. The highest BCUT2D eigenvalue weighted by Crippen LogP contribution is 2.44. The van der Waals surface area contributed by atoms with E-state index in [1.54, 1.807) is 6.92 Å². The summed E-state index contributed by atoms with van der Waals surface area (Å²) in [5.41, 5.74) is 4.53. The van der Waals surface area contributed by atoms with Gasteiger partial charge in [0.2, 0.25) is 5.91 Å². The number of benzene rings is 2. The number of amides is 2. The average Bonchev–Trinajstić information content (AvgIpc) is 3.12. The van der Waals surface area contributed by atoms with Crippen molar-refractivity contribution >= 4 is 18.0 Å². The first-order valence-electron chi connectivity index (χ1n) is 11.4. The molecule has 0 heterocycles. The van der Waals surface area contributed by atoms with E-state index in [-0.39, 0.29) is 43.2 Å². The van der Waals surface area contributed by atoms with Crippen LogP contribution in [0.4, 0.5) is 4.79 Å². The van der Waals surface area contributed by atoms with Crippen molar-refractivity contribution in [3.63, 3.8) is 0 Å². The van der Waals surface area contributed by atoms with Crippen molar-refractivity contribution in [3.05, 3.63) is 59.7 Å². The molecule has 1 aliphatic rings. The van der Waals surface area contributed by atoms with Crippen molar-refractivity contribution in [1.82, 2.24) is 10.6 Å². The zero-order valence-electron chi connectivity index (χ0n) is 19.3. The van der Waals surface area contributed by atoms with Crippen molar-refractivity contribution in [2.45, 2.75) is 45.6 Å². The molecule has 3 N–H and O–H groups in total. The molecule has 2 aromatic rings. The molecule has 7 nitrogen and oxygen atoms in total. The maximum atomic E-state index is 12.6. The Morgan fingerprint density at radius 1 is 1.00 bits per heavy atom. The first-order valence-corrected chi connectivity index (χ1v) is 11.4. The monoisotopic (exact) mass is 452 g/mol. The van der Waals surface area contributed by atoms with Gasteiger partial charge in [-0.2, -0.15) is 0 Å². The lowest BCUT2D eigenvalue weighted by Crippen LogP contribution is -2.48. The fourth-order valence-corrected chi connectivity index (χ4v) is 4.26. The molecule has 3 rings (SSSR count). The van der Waals surface area contributed by atoms with Crippen molar-refractivity contribution in [3.8, 4) is 11.1 Å². The number of hydrogen-bond acceptors (Lipinski definition) is 4. The van der Waals surface area contributed by atoms with Crippen LogP contribution >= 0.6 is 0 Å². The number of alkyl carbamates (subject to hydrolysis) is 1. The Morgan fingerprint density at radius 3 is 2.09 bits per heavy atom. The molecule has 0 aliphatic heterocycles. The average molecular weight is 453 g/mol. The van der Waals surface area contributed by atoms with Crippen LogP contribution in [0.25, 0.3) is 11.1 Å². The second-order valence-corrected chi connectivity index (χ2v) is 8.78. The van der Waals surface area contributed by atoms with Gasteiger partial charge in [-0.1, -0.05) is 69.3 Å². The van der Waals surface area contributed by atoms with Crippen molar-refractivity contribution in [2.75, 3.05) is 13.2 Å². The van der Waals surface area contributed by atoms with Crippen LogP contribution in [0.3, 0.4) is 0 Å². The third-order valence-corrected chi connectivity index (χ3v) is 6.28. The molecule has 1 unspecified atom stereocenters. The molecule has 2 aromatic carbocycles. The molecule has 1 aliphatic carbocycles. The third-order valence-electron chi connectivity index (χ3n) is 6.28. The lowest BCUT2D eigenvalue weighted by atomic mass is 9.92. The summed E-state index contributed by atoms with van der Waals surface area (Å²) in [7, 11) is 0. The molecule has 33 heavy (non-hydrogen) atoms. The number of carboxylic acid groups (broad SMARTS) is 1. The van der Waals surface area contributed by atoms with Gasteiger partial charge < -0.3 is 20.5 Å². The maximum absolute atomic E-state index is 12.6. The van der Waals surface area contributed by atoms with Gasteiger partial charge in [0.25, 0.3) is 0 Å². The molecular formula is C26H32N2O5. The Labute approximate surface area is 194 Å². The van der Waals surface area contributed by atoms with E-state index in [0.29, 0.717) is 6.42 Å². The summed E-state index contributed by atoms with van der Waals surface area (Å²) in [6.45, 7) is 6.06. The van der Waals surface area contributed by atoms with Gasteiger partial charge in [0, 0.05) is 12.5 Å². The summed E-state index contributed by atoms with van der Waals surface area (Å²) in [6.07, 6.45) is -0.277. The number of nitrogens with one attached hydrogen (secondary N) is 2. The second-order valence-electron chi connectivity index (χ2n) is 8.78. The topological polar surface area (TPSA) is 105 Å². The number of carbonyl (C=O) groups is 3. The van der Waals surface area contributed by atoms with Crippen LogP contribution < -0.4 is 10.6 Å². The number of hydrogen-bond donors (Lipinski definition) is 3. The molecule has 2 amide bonds. The fourth-order valence-electron chi connectivity index (χ4n) is 4.26. The Balaban J connectivity index is 1.56. The standard InChI is InChI=1S/C26H32N2O5/c1-4-23(25(31)27-14-17(16(2)3)13-24(29)30)28-26(32)33-15-22-20-11-7-5-9-18(20)19-10-6-8-12-21(19)22/h5-12,16-17,22-23H,4,13-15H2,1-3H3,(H,27,31)(H,28,32)(H,29,30)/t17?,23-/m0/s1. The summed E-state index contributed by atoms with van der Waals surface area (Å²) >= 11 is 0. The molecule has 0 saturated heterocycles. The van der Waals surface area contributed by atoms with Crippen LogP contribution in [0.2, 0.25) is 0 Å². The molecule has 2 atom stereocenters. The molecule has 0 radical (unpaired) electrons. The highest BCUT2D eigenvalue weighted by Gasteiger charge is 2.29.